The highest BCUT2D eigenvalue weighted by Gasteiger charge is 2.53. The maximum absolute atomic E-state index is 12.3. The number of aliphatic carboxylic acids is 1. The van der Waals surface area contributed by atoms with Crippen LogP contribution >= 0.6 is 0 Å². The summed E-state index contributed by atoms with van der Waals surface area (Å²) in [5.74, 6) is -1.58. The maximum atomic E-state index is 12.3. The van der Waals surface area contributed by atoms with Gasteiger partial charge in [-0.1, -0.05) is 13.8 Å². The van der Waals surface area contributed by atoms with Crippen molar-refractivity contribution in [1.29, 1.82) is 0 Å². The van der Waals surface area contributed by atoms with Crippen LogP contribution in [0.2, 0.25) is 0 Å². The monoisotopic (exact) mass is 254 g/mol. The lowest BCUT2D eigenvalue weighted by Gasteiger charge is -2.34. The van der Waals surface area contributed by atoms with Gasteiger partial charge >= 0.3 is 5.97 Å². The number of nitrogens with zero attached hydrogens (tertiary/aromatic N) is 1. The highest BCUT2D eigenvalue weighted by molar-refractivity contribution is 5.93. The molecule has 1 aliphatic heterocycles. The number of hydrogen-bond donors (Lipinski definition) is 2. The van der Waals surface area contributed by atoms with Gasteiger partial charge in [0.1, 0.15) is 6.04 Å². The first kappa shape index (κ1) is 12.9. The van der Waals surface area contributed by atoms with Gasteiger partial charge in [-0.05, 0) is 11.8 Å². The van der Waals surface area contributed by atoms with Crippen molar-refractivity contribution >= 4 is 17.8 Å². The SMILES string of the molecule is CC1(C)CC1C(=O)N1CCNC(=O)C1CC(=O)O. The Balaban J connectivity index is 2.11. The van der Waals surface area contributed by atoms with Crippen molar-refractivity contribution in [1.82, 2.24) is 10.2 Å². The molecule has 1 saturated heterocycles. The number of carbonyl (C=O) groups is 3. The molecule has 0 bridgehead atoms. The summed E-state index contributed by atoms with van der Waals surface area (Å²) < 4.78 is 0. The number of nitrogens with one attached hydrogen (secondary N) is 1. The Hall–Kier alpha value is -1.59. The van der Waals surface area contributed by atoms with Crippen molar-refractivity contribution in [3.8, 4) is 0 Å². The molecule has 2 fully saturated rings. The summed E-state index contributed by atoms with van der Waals surface area (Å²) in [6.07, 6.45) is 0.481. The normalized spacial score (nSPS) is 29.7. The standard InChI is InChI=1S/C12H18N2O4/c1-12(2)6-7(12)11(18)14-4-3-13-10(17)8(14)5-9(15)16/h7-8H,3-6H2,1-2H3,(H,13,17)(H,15,16). The van der Waals surface area contributed by atoms with E-state index in [4.69, 9.17) is 5.11 Å². The van der Waals surface area contributed by atoms with E-state index in [2.05, 4.69) is 5.32 Å². The van der Waals surface area contributed by atoms with Gasteiger partial charge < -0.3 is 15.3 Å². The molecule has 2 atom stereocenters. The molecule has 6 heteroatoms. The zero-order valence-electron chi connectivity index (χ0n) is 10.6. The molecule has 0 spiro atoms. The Morgan fingerprint density at radius 1 is 1.50 bits per heavy atom. The van der Waals surface area contributed by atoms with Gasteiger partial charge in [0.25, 0.3) is 0 Å². The average Bonchev–Trinajstić information content (AvgIpc) is 2.89. The molecule has 2 rings (SSSR count). The van der Waals surface area contributed by atoms with Gasteiger partial charge in [-0.2, -0.15) is 0 Å². The van der Waals surface area contributed by atoms with E-state index < -0.39 is 12.0 Å². The molecule has 18 heavy (non-hydrogen) atoms. The smallest absolute Gasteiger partial charge is 0.305 e. The van der Waals surface area contributed by atoms with Crippen molar-refractivity contribution in [3.63, 3.8) is 0 Å². The minimum absolute atomic E-state index is 0.0151. The van der Waals surface area contributed by atoms with E-state index in [1.165, 1.54) is 4.90 Å². The van der Waals surface area contributed by atoms with E-state index in [0.717, 1.165) is 6.42 Å². The summed E-state index contributed by atoms with van der Waals surface area (Å²) >= 11 is 0. The average molecular weight is 254 g/mol. The molecule has 2 amide bonds. The molecule has 2 aliphatic rings. The number of amides is 2. The Morgan fingerprint density at radius 3 is 2.61 bits per heavy atom. The van der Waals surface area contributed by atoms with Crippen LogP contribution in [-0.4, -0.2) is 46.9 Å². The highest BCUT2D eigenvalue weighted by atomic mass is 16.4. The number of rotatable bonds is 3. The molecule has 6 nitrogen and oxygen atoms in total. The van der Waals surface area contributed by atoms with Crippen molar-refractivity contribution in [2.24, 2.45) is 11.3 Å². The Bertz CT molecular complexity index is 405. The van der Waals surface area contributed by atoms with E-state index >= 15 is 0 Å². The quantitative estimate of drug-likeness (QED) is 0.732. The second-order valence-corrected chi connectivity index (χ2v) is 5.68. The van der Waals surface area contributed by atoms with E-state index in [9.17, 15) is 14.4 Å². The Kier molecular flexibility index (Phi) is 3.04. The lowest BCUT2D eigenvalue weighted by atomic mass is 10.1. The van der Waals surface area contributed by atoms with E-state index in [1.54, 1.807) is 0 Å². The highest BCUT2D eigenvalue weighted by Crippen LogP contribution is 2.52. The molecule has 0 aromatic heterocycles. The van der Waals surface area contributed by atoms with E-state index in [1.807, 2.05) is 13.8 Å². The summed E-state index contributed by atoms with van der Waals surface area (Å²) in [6.45, 7) is 4.81. The predicted octanol–water partition coefficient (Wildman–Crippen LogP) is -0.166. The third-order valence-electron chi connectivity index (χ3n) is 3.79. The van der Waals surface area contributed by atoms with Crippen molar-refractivity contribution in [2.75, 3.05) is 13.1 Å². The fourth-order valence-electron chi connectivity index (χ4n) is 2.44. The lowest BCUT2D eigenvalue weighted by Crippen LogP contribution is -2.58. The summed E-state index contributed by atoms with van der Waals surface area (Å²) in [6, 6.07) is -0.861. The second-order valence-electron chi connectivity index (χ2n) is 5.68. The van der Waals surface area contributed by atoms with Crippen LogP contribution in [0.15, 0.2) is 0 Å². The second kappa shape index (κ2) is 4.26. The van der Waals surface area contributed by atoms with Gasteiger partial charge in [-0.3, -0.25) is 14.4 Å². The zero-order valence-corrected chi connectivity index (χ0v) is 10.6. The maximum Gasteiger partial charge on any atom is 0.305 e. The third kappa shape index (κ3) is 2.32. The molecule has 0 aromatic rings. The number of carbonyl (C=O) groups excluding carboxylic acids is 2. The number of hydrogen-bond acceptors (Lipinski definition) is 3. The van der Waals surface area contributed by atoms with Crippen LogP contribution in [0.4, 0.5) is 0 Å². The van der Waals surface area contributed by atoms with Crippen molar-refractivity contribution in [2.45, 2.75) is 32.7 Å². The predicted molar refractivity (Wildman–Crippen MR) is 62.7 cm³/mol. The van der Waals surface area contributed by atoms with E-state index in [-0.39, 0.29) is 29.6 Å². The number of carboxylic acid groups (broad SMARTS) is 1. The first-order valence-corrected chi connectivity index (χ1v) is 6.13. The molecule has 2 N–H and O–H groups in total. The summed E-state index contributed by atoms with van der Waals surface area (Å²) in [7, 11) is 0. The zero-order chi connectivity index (χ0) is 13.5. The van der Waals surface area contributed by atoms with Crippen LogP contribution in [0.3, 0.4) is 0 Å². The summed E-state index contributed by atoms with van der Waals surface area (Å²) in [4.78, 5) is 36.2. The number of carboxylic acids is 1. The van der Waals surface area contributed by atoms with E-state index in [0.29, 0.717) is 13.1 Å². The van der Waals surface area contributed by atoms with Crippen LogP contribution < -0.4 is 5.32 Å². The van der Waals surface area contributed by atoms with Gasteiger partial charge in [0, 0.05) is 19.0 Å². The van der Waals surface area contributed by atoms with Crippen molar-refractivity contribution < 1.29 is 19.5 Å². The Morgan fingerprint density at radius 2 is 2.11 bits per heavy atom. The number of piperazine rings is 1. The molecule has 1 aliphatic carbocycles. The van der Waals surface area contributed by atoms with Gasteiger partial charge in [-0.25, -0.2) is 0 Å². The first-order valence-electron chi connectivity index (χ1n) is 6.13. The molecule has 0 radical (unpaired) electrons. The largest absolute Gasteiger partial charge is 0.481 e. The van der Waals surface area contributed by atoms with Gasteiger partial charge in [0.15, 0.2) is 0 Å². The molecular formula is C12H18N2O4. The Labute approximate surface area is 105 Å². The molecule has 100 valence electrons. The minimum Gasteiger partial charge on any atom is -0.481 e. The molecular weight excluding hydrogens is 236 g/mol. The summed E-state index contributed by atoms with van der Waals surface area (Å²) in [5, 5.41) is 11.4. The fourth-order valence-corrected chi connectivity index (χ4v) is 2.44. The minimum atomic E-state index is -1.06. The van der Waals surface area contributed by atoms with Gasteiger partial charge in [0.2, 0.25) is 11.8 Å². The molecule has 1 saturated carbocycles. The molecule has 1 heterocycles. The first-order chi connectivity index (χ1) is 8.33. The van der Waals surface area contributed by atoms with Crippen LogP contribution in [0.5, 0.6) is 0 Å². The molecule has 0 aromatic carbocycles. The summed E-state index contributed by atoms with van der Waals surface area (Å²) in [5.41, 5.74) is -0.0151. The van der Waals surface area contributed by atoms with Crippen LogP contribution in [0, 0.1) is 11.3 Å². The van der Waals surface area contributed by atoms with Crippen LogP contribution in [0.25, 0.3) is 0 Å². The van der Waals surface area contributed by atoms with Crippen molar-refractivity contribution in [3.05, 3.63) is 0 Å². The topological polar surface area (TPSA) is 86.7 Å². The fraction of sp³-hybridized carbons (Fsp3) is 0.750. The van der Waals surface area contributed by atoms with Gasteiger partial charge in [-0.15, -0.1) is 0 Å². The van der Waals surface area contributed by atoms with Crippen LogP contribution in [-0.2, 0) is 14.4 Å². The van der Waals surface area contributed by atoms with Crippen LogP contribution in [0.1, 0.15) is 26.7 Å². The van der Waals surface area contributed by atoms with Gasteiger partial charge in [0.05, 0.1) is 6.42 Å². The lowest BCUT2D eigenvalue weighted by molar-refractivity contribution is -0.149. The third-order valence-corrected chi connectivity index (χ3v) is 3.79. The molecule has 2 unspecified atom stereocenters.